The van der Waals surface area contributed by atoms with Crippen molar-refractivity contribution in [1.29, 1.82) is 0 Å². The van der Waals surface area contributed by atoms with E-state index in [9.17, 15) is 21.6 Å². The monoisotopic (exact) mass is 373 g/mol. The molecule has 0 saturated heterocycles. The molecule has 0 radical (unpaired) electrons. The molecule has 4 nitrogen and oxygen atoms in total. The maximum Gasteiger partial charge on any atom is 0.416 e. The van der Waals surface area contributed by atoms with Crippen LogP contribution >= 0.6 is 0 Å². The Hall–Kier alpha value is -2.22. The number of alkyl halides is 3. The van der Waals surface area contributed by atoms with Gasteiger partial charge in [-0.25, -0.2) is 8.42 Å². The second-order valence-electron chi connectivity index (χ2n) is 5.34. The van der Waals surface area contributed by atoms with Crippen LogP contribution < -0.4 is 9.46 Å². The van der Waals surface area contributed by atoms with Gasteiger partial charge >= 0.3 is 6.18 Å². The minimum Gasteiger partial charge on any atom is -0.492 e. The van der Waals surface area contributed by atoms with Gasteiger partial charge in [0, 0.05) is 5.69 Å². The fourth-order valence-corrected chi connectivity index (χ4v) is 2.95. The SMILES string of the molecule is CCc1ccc(OCCS(=O)(=O)Nc2ccc(C(F)(F)F)cc2)cc1. The predicted octanol–water partition coefficient (Wildman–Crippen LogP) is 4.09. The molecule has 0 bridgehead atoms. The first-order valence-corrected chi connectivity index (χ1v) is 9.24. The van der Waals surface area contributed by atoms with E-state index in [-0.39, 0.29) is 18.0 Å². The summed E-state index contributed by atoms with van der Waals surface area (Å²) < 4.78 is 69.0. The molecule has 0 aliphatic heterocycles. The number of anilines is 1. The number of benzene rings is 2. The van der Waals surface area contributed by atoms with E-state index in [2.05, 4.69) is 4.72 Å². The van der Waals surface area contributed by atoms with E-state index >= 15 is 0 Å². The third kappa shape index (κ3) is 5.97. The fraction of sp³-hybridized carbons (Fsp3) is 0.294. The number of halogens is 3. The summed E-state index contributed by atoms with van der Waals surface area (Å²) in [5, 5.41) is 0. The summed E-state index contributed by atoms with van der Waals surface area (Å²) in [5.41, 5.74) is 0.374. The van der Waals surface area contributed by atoms with E-state index in [1.54, 1.807) is 12.1 Å². The average Bonchev–Trinajstić information content (AvgIpc) is 2.54. The summed E-state index contributed by atoms with van der Waals surface area (Å²) in [5.74, 6) is 0.241. The summed E-state index contributed by atoms with van der Waals surface area (Å²) in [7, 11) is -3.72. The molecule has 2 aromatic carbocycles. The fourth-order valence-electron chi connectivity index (χ4n) is 2.05. The Morgan fingerprint density at radius 2 is 1.60 bits per heavy atom. The molecule has 2 aromatic rings. The lowest BCUT2D eigenvalue weighted by atomic mass is 10.2. The van der Waals surface area contributed by atoms with Gasteiger partial charge in [0.05, 0.1) is 5.56 Å². The van der Waals surface area contributed by atoms with Crippen molar-refractivity contribution in [2.24, 2.45) is 0 Å². The third-order valence-electron chi connectivity index (χ3n) is 3.44. The van der Waals surface area contributed by atoms with Crippen LogP contribution in [0.2, 0.25) is 0 Å². The number of hydrogen-bond donors (Lipinski definition) is 1. The molecule has 0 unspecified atom stereocenters. The Kier molecular flexibility index (Phi) is 5.94. The molecule has 25 heavy (non-hydrogen) atoms. The highest BCUT2D eigenvalue weighted by atomic mass is 32.2. The van der Waals surface area contributed by atoms with Crippen LogP contribution in [0.5, 0.6) is 5.75 Å². The zero-order valence-corrected chi connectivity index (χ0v) is 14.3. The van der Waals surface area contributed by atoms with Crippen LogP contribution in [-0.4, -0.2) is 20.8 Å². The van der Waals surface area contributed by atoms with Crippen LogP contribution in [0.25, 0.3) is 0 Å². The molecule has 2 rings (SSSR count). The standard InChI is InChI=1S/C17H18F3NO3S/c1-2-13-3-9-16(10-4-13)24-11-12-25(22,23)21-15-7-5-14(6-8-15)17(18,19)20/h3-10,21H,2,11-12H2,1H3. The van der Waals surface area contributed by atoms with Gasteiger partial charge in [0.1, 0.15) is 18.1 Å². The minimum absolute atomic E-state index is 0.0680. The van der Waals surface area contributed by atoms with Crippen LogP contribution in [0.4, 0.5) is 18.9 Å². The van der Waals surface area contributed by atoms with E-state index in [1.807, 2.05) is 19.1 Å². The van der Waals surface area contributed by atoms with Crippen molar-refractivity contribution >= 4 is 15.7 Å². The number of hydrogen-bond acceptors (Lipinski definition) is 3. The van der Waals surface area contributed by atoms with Crippen molar-refractivity contribution in [3.8, 4) is 5.75 Å². The van der Waals surface area contributed by atoms with Gasteiger partial charge in [-0.2, -0.15) is 13.2 Å². The number of ether oxygens (including phenoxy) is 1. The van der Waals surface area contributed by atoms with Crippen molar-refractivity contribution in [3.63, 3.8) is 0 Å². The Morgan fingerprint density at radius 3 is 2.12 bits per heavy atom. The highest BCUT2D eigenvalue weighted by Crippen LogP contribution is 2.29. The molecule has 1 N–H and O–H groups in total. The molecule has 0 heterocycles. The number of aryl methyl sites for hydroxylation is 1. The van der Waals surface area contributed by atoms with Gasteiger partial charge in [-0.3, -0.25) is 4.72 Å². The molecule has 0 aliphatic carbocycles. The highest BCUT2D eigenvalue weighted by molar-refractivity contribution is 7.92. The van der Waals surface area contributed by atoms with Crippen molar-refractivity contribution in [1.82, 2.24) is 0 Å². The predicted molar refractivity (Wildman–Crippen MR) is 90.2 cm³/mol. The molecule has 0 aromatic heterocycles. The Bertz CT molecular complexity index is 785. The quantitative estimate of drug-likeness (QED) is 0.795. The Balaban J connectivity index is 1.88. The summed E-state index contributed by atoms with van der Waals surface area (Å²) >= 11 is 0. The van der Waals surface area contributed by atoms with Crippen LogP contribution in [-0.2, 0) is 22.6 Å². The second-order valence-corrected chi connectivity index (χ2v) is 7.18. The van der Waals surface area contributed by atoms with Gasteiger partial charge < -0.3 is 4.74 Å². The molecule has 0 aliphatic rings. The first-order valence-electron chi connectivity index (χ1n) is 7.59. The van der Waals surface area contributed by atoms with Crippen LogP contribution in [0.3, 0.4) is 0 Å². The second kappa shape index (κ2) is 7.77. The minimum atomic E-state index is -4.46. The maximum atomic E-state index is 12.5. The van der Waals surface area contributed by atoms with Crippen molar-refractivity contribution in [2.45, 2.75) is 19.5 Å². The third-order valence-corrected chi connectivity index (χ3v) is 4.69. The molecular weight excluding hydrogens is 355 g/mol. The Morgan fingerprint density at radius 1 is 1.00 bits per heavy atom. The number of nitrogens with one attached hydrogen (secondary N) is 1. The summed E-state index contributed by atoms with van der Waals surface area (Å²) in [6.45, 7) is 1.96. The summed E-state index contributed by atoms with van der Waals surface area (Å²) in [4.78, 5) is 0. The summed E-state index contributed by atoms with van der Waals surface area (Å²) in [6.07, 6.45) is -3.57. The summed E-state index contributed by atoms with van der Waals surface area (Å²) in [6, 6.07) is 11.1. The molecule has 0 amide bonds. The molecule has 0 saturated carbocycles. The number of sulfonamides is 1. The van der Waals surface area contributed by atoms with Crippen molar-refractivity contribution < 1.29 is 26.3 Å². The van der Waals surface area contributed by atoms with Gasteiger partial charge in [0.15, 0.2) is 0 Å². The lowest BCUT2D eigenvalue weighted by Gasteiger charge is -2.11. The van der Waals surface area contributed by atoms with E-state index in [4.69, 9.17) is 4.74 Å². The molecule has 8 heteroatoms. The number of rotatable bonds is 7. The van der Waals surface area contributed by atoms with Gasteiger partial charge in [0.2, 0.25) is 10.0 Å². The van der Waals surface area contributed by atoms with Crippen molar-refractivity contribution in [2.75, 3.05) is 17.1 Å². The van der Waals surface area contributed by atoms with Crippen LogP contribution in [0, 0.1) is 0 Å². The normalized spacial score (nSPS) is 12.0. The van der Waals surface area contributed by atoms with Gasteiger partial charge in [-0.15, -0.1) is 0 Å². The maximum absolute atomic E-state index is 12.5. The molecule has 0 spiro atoms. The van der Waals surface area contributed by atoms with E-state index < -0.39 is 21.8 Å². The smallest absolute Gasteiger partial charge is 0.416 e. The molecular formula is C17H18F3NO3S. The Labute approximate surface area is 144 Å². The topological polar surface area (TPSA) is 55.4 Å². The lowest BCUT2D eigenvalue weighted by molar-refractivity contribution is -0.137. The van der Waals surface area contributed by atoms with Crippen molar-refractivity contribution in [3.05, 3.63) is 59.7 Å². The first kappa shape index (κ1) is 19.1. The zero-order valence-electron chi connectivity index (χ0n) is 13.5. The average molecular weight is 373 g/mol. The van der Waals surface area contributed by atoms with Gasteiger partial charge in [-0.05, 0) is 48.4 Å². The molecule has 136 valence electrons. The molecule has 0 atom stereocenters. The van der Waals surface area contributed by atoms with Gasteiger partial charge in [-0.1, -0.05) is 19.1 Å². The van der Waals surface area contributed by atoms with E-state index in [0.717, 1.165) is 36.2 Å². The van der Waals surface area contributed by atoms with Crippen LogP contribution in [0.15, 0.2) is 48.5 Å². The van der Waals surface area contributed by atoms with Gasteiger partial charge in [0.25, 0.3) is 0 Å². The zero-order chi connectivity index (χ0) is 18.5. The largest absolute Gasteiger partial charge is 0.492 e. The van der Waals surface area contributed by atoms with E-state index in [1.165, 1.54) is 0 Å². The molecule has 0 fully saturated rings. The van der Waals surface area contributed by atoms with Crippen LogP contribution in [0.1, 0.15) is 18.1 Å². The highest BCUT2D eigenvalue weighted by Gasteiger charge is 2.30. The lowest BCUT2D eigenvalue weighted by Crippen LogP contribution is -2.21. The first-order chi connectivity index (χ1) is 11.7. The van der Waals surface area contributed by atoms with E-state index in [0.29, 0.717) is 5.75 Å².